The minimum absolute atomic E-state index is 0.667. The molecule has 0 bridgehead atoms. The predicted molar refractivity (Wildman–Crippen MR) is 48.1 cm³/mol. The SMILES string of the molecule is C#Cc1csc(C#C)c1C#C. The Morgan fingerprint density at radius 1 is 1.09 bits per heavy atom. The zero-order chi connectivity index (χ0) is 8.27. The van der Waals surface area contributed by atoms with Crippen molar-refractivity contribution in [2.24, 2.45) is 0 Å². The van der Waals surface area contributed by atoms with Gasteiger partial charge in [0.15, 0.2) is 0 Å². The molecule has 1 rings (SSSR count). The molecule has 0 atom stereocenters. The highest BCUT2D eigenvalue weighted by Crippen LogP contribution is 2.19. The monoisotopic (exact) mass is 156 g/mol. The van der Waals surface area contributed by atoms with E-state index in [4.69, 9.17) is 19.3 Å². The van der Waals surface area contributed by atoms with Crippen LogP contribution in [0.1, 0.15) is 16.0 Å². The van der Waals surface area contributed by atoms with Crippen LogP contribution in [-0.2, 0) is 0 Å². The van der Waals surface area contributed by atoms with Gasteiger partial charge in [0.25, 0.3) is 0 Å². The lowest BCUT2D eigenvalue weighted by Crippen LogP contribution is -1.77. The van der Waals surface area contributed by atoms with Crippen molar-refractivity contribution in [3.8, 4) is 37.0 Å². The summed E-state index contributed by atoms with van der Waals surface area (Å²) in [6.07, 6.45) is 15.6. The average molecular weight is 156 g/mol. The molecule has 0 radical (unpaired) electrons. The van der Waals surface area contributed by atoms with Gasteiger partial charge in [-0.15, -0.1) is 30.6 Å². The van der Waals surface area contributed by atoms with Gasteiger partial charge in [0, 0.05) is 5.38 Å². The van der Waals surface area contributed by atoms with Crippen molar-refractivity contribution in [3.05, 3.63) is 21.4 Å². The third-order valence-corrected chi connectivity index (χ3v) is 2.13. The van der Waals surface area contributed by atoms with Gasteiger partial charge in [0.05, 0.1) is 16.0 Å². The third-order valence-electron chi connectivity index (χ3n) is 1.22. The summed E-state index contributed by atoms with van der Waals surface area (Å²) in [7, 11) is 0. The van der Waals surface area contributed by atoms with E-state index in [9.17, 15) is 0 Å². The number of rotatable bonds is 0. The Hall–Kier alpha value is -1.62. The molecule has 1 aromatic heterocycles. The molecule has 0 unspecified atom stereocenters. The van der Waals surface area contributed by atoms with Crippen LogP contribution < -0.4 is 0 Å². The van der Waals surface area contributed by atoms with Gasteiger partial charge in [-0.3, -0.25) is 0 Å². The van der Waals surface area contributed by atoms with E-state index in [1.54, 1.807) is 5.38 Å². The van der Waals surface area contributed by atoms with E-state index in [-0.39, 0.29) is 0 Å². The van der Waals surface area contributed by atoms with Crippen LogP contribution in [-0.4, -0.2) is 0 Å². The van der Waals surface area contributed by atoms with Gasteiger partial charge in [-0.05, 0) is 0 Å². The van der Waals surface area contributed by atoms with E-state index < -0.39 is 0 Å². The minimum atomic E-state index is 0.667. The molecule has 1 heteroatoms. The normalized spacial score (nSPS) is 7.73. The van der Waals surface area contributed by atoms with E-state index >= 15 is 0 Å². The number of terminal acetylenes is 3. The number of hydrogen-bond acceptors (Lipinski definition) is 1. The molecular weight excluding hydrogens is 152 g/mol. The Kier molecular flexibility index (Phi) is 2.03. The van der Waals surface area contributed by atoms with Crippen LogP contribution in [0.3, 0.4) is 0 Å². The molecule has 0 fully saturated rings. The molecular formula is C10H4S. The van der Waals surface area contributed by atoms with Crippen molar-refractivity contribution >= 4 is 11.3 Å². The maximum atomic E-state index is 5.21. The Balaban J connectivity index is 3.41. The lowest BCUT2D eigenvalue weighted by Gasteiger charge is -1.85. The summed E-state index contributed by atoms with van der Waals surface area (Å²) in [5, 5.41) is 1.80. The van der Waals surface area contributed by atoms with Crippen molar-refractivity contribution in [1.82, 2.24) is 0 Å². The summed E-state index contributed by atoms with van der Waals surface area (Å²) >= 11 is 1.40. The molecule has 0 aliphatic heterocycles. The summed E-state index contributed by atoms with van der Waals surface area (Å²) in [5.41, 5.74) is 1.38. The Bertz CT molecular complexity index is 356. The van der Waals surface area contributed by atoms with Crippen LogP contribution >= 0.6 is 11.3 Å². The van der Waals surface area contributed by atoms with Crippen LogP contribution in [0.5, 0.6) is 0 Å². The topological polar surface area (TPSA) is 0 Å². The molecule has 0 saturated heterocycles. The van der Waals surface area contributed by atoms with Crippen molar-refractivity contribution in [3.63, 3.8) is 0 Å². The first-order valence-electron chi connectivity index (χ1n) is 2.84. The first-order valence-corrected chi connectivity index (χ1v) is 3.72. The highest BCUT2D eigenvalue weighted by molar-refractivity contribution is 7.11. The Morgan fingerprint density at radius 3 is 2.27 bits per heavy atom. The van der Waals surface area contributed by atoms with Gasteiger partial charge in [-0.1, -0.05) is 17.8 Å². The van der Waals surface area contributed by atoms with Gasteiger partial charge in [-0.25, -0.2) is 0 Å². The second-order valence-corrected chi connectivity index (χ2v) is 2.67. The second kappa shape index (κ2) is 2.98. The number of hydrogen-bond donors (Lipinski definition) is 0. The molecule has 1 heterocycles. The first kappa shape index (κ1) is 7.49. The fourth-order valence-electron chi connectivity index (χ4n) is 0.714. The molecule has 50 valence electrons. The standard InChI is InChI=1S/C10H4S/c1-4-8-7-11-10(6-3)9(8)5-2/h1-3,7H. The van der Waals surface area contributed by atoms with Gasteiger partial charge in [0.2, 0.25) is 0 Å². The van der Waals surface area contributed by atoms with Crippen molar-refractivity contribution in [2.45, 2.75) is 0 Å². The summed E-state index contributed by atoms with van der Waals surface area (Å²) in [6, 6.07) is 0. The zero-order valence-electron chi connectivity index (χ0n) is 5.72. The van der Waals surface area contributed by atoms with E-state index in [0.717, 1.165) is 4.88 Å². The molecule has 0 aliphatic rings. The minimum Gasteiger partial charge on any atom is -0.133 e. The molecule has 0 N–H and O–H groups in total. The second-order valence-electron chi connectivity index (χ2n) is 1.79. The van der Waals surface area contributed by atoms with Crippen molar-refractivity contribution in [1.29, 1.82) is 0 Å². The van der Waals surface area contributed by atoms with E-state index in [0.29, 0.717) is 11.1 Å². The van der Waals surface area contributed by atoms with Gasteiger partial charge < -0.3 is 0 Å². The van der Waals surface area contributed by atoms with Crippen LogP contribution in [0.4, 0.5) is 0 Å². The zero-order valence-corrected chi connectivity index (χ0v) is 6.53. The van der Waals surface area contributed by atoms with Crippen molar-refractivity contribution in [2.75, 3.05) is 0 Å². The molecule has 0 spiro atoms. The Labute approximate surface area is 70.3 Å². The molecule has 0 saturated carbocycles. The van der Waals surface area contributed by atoms with Gasteiger partial charge >= 0.3 is 0 Å². The molecule has 1 aromatic rings. The van der Waals surface area contributed by atoms with Crippen LogP contribution in [0.15, 0.2) is 5.38 Å². The summed E-state index contributed by atoms with van der Waals surface area (Å²) in [5.74, 6) is 7.43. The molecule has 0 nitrogen and oxygen atoms in total. The highest BCUT2D eigenvalue weighted by Gasteiger charge is 2.04. The fourth-order valence-corrected chi connectivity index (χ4v) is 1.49. The average Bonchev–Trinajstić information content (AvgIpc) is 2.45. The summed E-state index contributed by atoms with van der Waals surface area (Å²) in [4.78, 5) is 0.737. The molecule has 0 aliphatic carbocycles. The fraction of sp³-hybridized carbons (Fsp3) is 0. The molecule has 0 amide bonds. The smallest absolute Gasteiger partial charge is 0.0935 e. The summed E-state index contributed by atoms with van der Waals surface area (Å²) < 4.78 is 0. The maximum absolute atomic E-state index is 5.21. The van der Waals surface area contributed by atoms with E-state index in [1.165, 1.54) is 11.3 Å². The predicted octanol–water partition coefficient (Wildman–Crippen LogP) is 1.69. The van der Waals surface area contributed by atoms with Crippen LogP contribution in [0.25, 0.3) is 0 Å². The van der Waals surface area contributed by atoms with E-state index in [2.05, 4.69) is 17.8 Å². The quantitative estimate of drug-likeness (QED) is 0.501. The maximum Gasteiger partial charge on any atom is 0.0935 e. The first-order chi connectivity index (χ1) is 5.33. The lowest BCUT2D eigenvalue weighted by molar-refractivity contribution is 1.73. The molecule has 0 aromatic carbocycles. The molecule has 11 heavy (non-hydrogen) atoms. The lowest BCUT2D eigenvalue weighted by atomic mass is 10.2. The van der Waals surface area contributed by atoms with Crippen molar-refractivity contribution < 1.29 is 0 Å². The number of thiophene rings is 1. The Morgan fingerprint density at radius 2 is 1.82 bits per heavy atom. The highest BCUT2D eigenvalue weighted by atomic mass is 32.1. The van der Waals surface area contributed by atoms with Gasteiger partial charge in [-0.2, -0.15) is 0 Å². The van der Waals surface area contributed by atoms with Crippen LogP contribution in [0.2, 0.25) is 0 Å². The van der Waals surface area contributed by atoms with E-state index in [1.807, 2.05) is 0 Å². The van der Waals surface area contributed by atoms with Gasteiger partial charge in [0.1, 0.15) is 0 Å². The summed E-state index contributed by atoms with van der Waals surface area (Å²) in [6.45, 7) is 0. The largest absolute Gasteiger partial charge is 0.133 e. The van der Waals surface area contributed by atoms with Crippen LogP contribution in [0, 0.1) is 37.0 Å². The third kappa shape index (κ3) is 1.13.